The van der Waals surface area contributed by atoms with Gasteiger partial charge in [-0.2, -0.15) is 0 Å². The summed E-state index contributed by atoms with van der Waals surface area (Å²) in [6.07, 6.45) is 3.36. The molecule has 0 unspecified atom stereocenters. The molecule has 1 N–H and O–H groups in total. The minimum absolute atomic E-state index is 0.237. The van der Waals surface area contributed by atoms with Crippen molar-refractivity contribution < 1.29 is 9.53 Å². The number of carbonyl (C=O) groups is 1. The van der Waals surface area contributed by atoms with Crippen LogP contribution in [0.15, 0.2) is 18.2 Å². The number of hydrogen-bond acceptors (Lipinski definition) is 3. The van der Waals surface area contributed by atoms with Crippen LogP contribution in [0.2, 0.25) is 0 Å². The number of nitrogens with one attached hydrogen (secondary N) is 1. The summed E-state index contributed by atoms with van der Waals surface area (Å²) in [5.74, 6) is 1.04. The van der Waals surface area contributed by atoms with Crippen molar-refractivity contribution in [2.75, 3.05) is 13.1 Å². The number of rotatable bonds is 1. The molecule has 18 heavy (non-hydrogen) atoms. The first-order chi connectivity index (χ1) is 8.72. The Morgan fingerprint density at radius 2 is 2.11 bits per heavy atom. The van der Waals surface area contributed by atoms with Crippen LogP contribution in [0.25, 0.3) is 0 Å². The SMILES string of the molecule is CCc1ccc2c(c1)OC1(CCNCC1)CC2=O. The lowest BCUT2D eigenvalue weighted by Crippen LogP contribution is -2.49. The van der Waals surface area contributed by atoms with Crippen LogP contribution in [0.1, 0.15) is 42.1 Å². The van der Waals surface area contributed by atoms with Gasteiger partial charge in [0.1, 0.15) is 11.4 Å². The highest BCUT2D eigenvalue weighted by atomic mass is 16.5. The lowest BCUT2D eigenvalue weighted by molar-refractivity contribution is 0.0187. The van der Waals surface area contributed by atoms with E-state index in [2.05, 4.69) is 12.2 Å². The molecule has 2 heterocycles. The molecule has 3 rings (SSSR count). The van der Waals surface area contributed by atoms with Crippen molar-refractivity contribution in [3.05, 3.63) is 29.3 Å². The Morgan fingerprint density at radius 3 is 2.83 bits per heavy atom. The third-order valence-corrected chi connectivity index (χ3v) is 4.08. The summed E-state index contributed by atoms with van der Waals surface area (Å²) in [6.45, 7) is 4.00. The quantitative estimate of drug-likeness (QED) is 0.825. The number of ketones is 1. The Kier molecular flexibility index (Phi) is 2.86. The van der Waals surface area contributed by atoms with Crippen molar-refractivity contribution in [1.82, 2.24) is 5.32 Å². The van der Waals surface area contributed by atoms with E-state index in [4.69, 9.17) is 4.74 Å². The van der Waals surface area contributed by atoms with Crippen molar-refractivity contribution in [2.24, 2.45) is 0 Å². The largest absolute Gasteiger partial charge is 0.486 e. The maximum absolute atomic E-state index is 12.3. The van der Waals surface area contributed by atoms with Crippen LogP contribution in [-0.4, -0.2) is 24.5 Å². The molecule has 0 radical (unpaired) electrons. The zero-order valence-corrected chi connectivity index (χ0v) is 10.8. The predicted octanol–water partition coefficient (Wildman–Crippen LogP) is 2.34. The normalized spacial score (nSPS) is 21.5. The van der Waals surface area contributed by atoms with Gasteiger partial charge < -0.3 is 10.1 Å². The molecule has 1 aromatic carbocycles. The maximum atomic E-state index is 12.3. The molecule has 3 heteroatoms. The van der Waals surface area contributed by atoms with Crippen molar-refractivity contribution in [2.45, 2.75) is 38.2 Å². The fraction of sp³-hybridized carbons (Fsp3) is 0.533. The monoisotopic (exact) mass is 245 g/mol. The number of benzene rings is 1. The number of fused-ring (bicyclic) bond motifs is 1. The first-order valence-electron chi connectivity index (χ1n) is 6.78. The maximum Gasteiger partial charge on any atom is 0.170 e. The second-order valence-corrected chi connectivity index (χ2v) is 5.32. The minimum Gasteiger partial charge on any atom is -0.486 e. The van der Waals surface area contributed by atoms with Gasteiger partial charge in [0.2, 0.25) is 0 Å². The van der Waals surface area contributed by atoms with Gasteiger partial charge in [-0.05, 0) is 37.2 Å². The average Bonchev–Trinajstić information content (AvgIpc) is 2.38. The third kappa shape index (κ3) is 1.93. The molecule has 1 aromatic rings. The molecule has 2 aliphatic rings. The van der Waals surface area contributed by atoms with Gasteiger partial charge in [0.15, 0.2) is 5.78 Å². The molecule has 0 bridgehead atoms. The van der Waals surface area contributed by atoms with Crippen LogP contribution in [0, 0.1) is 0 Å². The minimum atomic E-state index is -0.248. The Labute approximate surface area is 108 Å². The van der Waals surface area contributed by atoms with Gasteiger partial charge >= 0.3 is 0 Å². The van der Waals surface area contributed by atoms with Crippen LogP contribution in [-0.2, 0) is 6.42 Å². The molecular formula is C15H19NO2. The smallest absolute Gasteiger partial charge is 0.170 e. The topological polar surface area (TPSA) is 38.3 Å². The molecule has 0 aliphatic carbocycles. The summed E-state index contributed by atoms with van der Waals surface area (Å²) in [6, 6.07) is 5.99. The van der Waals surface area contributed by atoms with Gasteiger partial charge in [-0.1, -0.05) is 13.0 Å². The van der Waals surface area contributed by atoms with E-state index in [-0.39, 0.29) is 11.4 Å². The van der Waals surface area contributed by atoms with Gasteiger partial charge in [0.05, 0.1) is 12.0 Å². The van der Waals surface area contributed by atoms with E-state index in [1.165, 1.54) is 5.56 Å². The van der Waals surface area contributed by atoms with Crippen LogP contribution in [0.4, 0.5) is 0 Å². The molecule has 1 saturated heterocycles. The van der Waals surface area contributed by atoms with Crippen molar-refractivity contribution >= 4 is 5.78 Å². The highest BCUT2D eigenvalue weighted by molar-refractivity contribution is 6.00. The molecular weight excluding hydrogens is 226 g/mol. The van der Waals surface area contributed by atoms with Gasteiger partial charge in [0, 0.05) is 12.8 Å². The molecule has 0 saturated carbocycles. The summed E-state index contributed by atoms with van der Waals surface area (Å²) in [5, 5.41) is 3.33. The fourth-order valence-corrected chi connectivity index (χ4v) is 2.92. The van der Waals surface area contributed by atoms with Crippen molar-refractivity contribution in [1.29, 1.82) is 0 Å². The standard InChI is InChI=1S/C15H19NO2/c1-2-11-3-4-12-13(17)10-15(18-14(12)9-11)5-7-16-8-6-15/h3-4,9,16H,2,5-8,10H2,1H3. The fourth-order valence-electron chi connectivity index (χ4n) is 2.92. The Morgan fingerprint density at radius 1 is 1.33 bits per heavy atom. The highest BCUT2D eigenvalue weighted by Crippen LogP contribution is 2.38. The second kappa shape index (κ2) is 4.39. The van der Waals surface area contributed by atoms with Gasteiger partial charge in [-0.25, -0.2) is 0 Å². The van der Waals surface area contributed by atoms with Crippen LogP contribution in [0.5, 0.6) is 5.75 Å². The highest BCUT2D eigenvalue weighted by Gasteiger charge is 2.41. The summed E-state index contributed by atoms with van der Waals surface area (Å²) < 4.78 is 6.21. The molecule has 0 aromatic heterocycles. The third-order valence-electron chi connectivity index (χ3n) is 4.08. The summed E-state index contributed by atoms with van der Waals surface area (Å²) in [5.41, 5.74) is 1.74. The van der Waals surface area contributed by atoms with Gasteiger partial charge in [-0.3, -0.25) is 4.79 Å². The molecule has 0 atom stereocenters. The molecule has 1 fully saturated rings. The van der Waals surface area contributed by atoms with Gasteiger partial charge in [0.25, 0.3) is 0 Å². The van der Waals surface area contributed by atoms with Crippen molar-refractivity contribution in [3.63, 3.8) is 0 Å². The Hall–Kier alpha value is -1.35. The van der Waals surface area contributed by atoms with E-state index >= 15 is 0 Å². The lowest BCUT2D eigenvalue weighted by atomic mass is 9.83. The zero-order valence-electron chi connectivity index (χ0n) is 10.8. The number of hydrogen-bond donors (Lipinski definition) is 1. The van der Waals surface area contributed by atoms with Gasteiger partial charge in [-0.15, -0.1) is 0 Å². The van der Waals surface area contributed by atoms with Crippen molar-refractivity contribution in [3.8, 4) is 5.75 Å². The van der Waals surface area contributed by atoms with Crippen LogP contribution < -0.4 is 10.1 Å². The lowest BCUT2D eigenvalue weighted by Gasteiger charge is -2.41. The molecule has 1 spiro atoms. The van der Waals surface area contributed by atoms with E-state index in [9.17, 15) is 4.79 Å². The predicted molar refractivity (Wildman–Crippen MR) is 70.2 cm³/mol. The second-order valence-electron chi connectivity index (χ2n) is 5.32. The molecule has 2 aliphatic heterocycles. The van der Waals surface area contributed by atoms with E-state index in [0.717, 1.165) is 43.7 Å². The Bertz CT molecular complexity index is 475. The molecule has 96 valence electrons. The van der Waals surface area contributed by atoms with E-state index < -0.39 is 0 Å². The first-order valence-corrected chi connectivity index (χ1v) is 6.78. The average molecular weight is 245 g/mol. The van der Waals surface area contributed by atoms with E-state index in [1.807, 2.05) is 18.2 Å². The van der Waals surface area contributed by atoms with Crippen LogP contribution in [0.3, 0.4) is 0 Å². The number of piperidine rings is 1. The molecule has 0 amide bonds. The summed E-state index contributed by atoms with van der Waals surface area (Å²) in [4.78, 5) is 12.3. The first kappa shape index (κ1) is 11.7. The number of ether oxygens (including phenoxy) is 1. The van der Waals surface area contributed by atoms with Crippen LogP contribution >= 0.6 is 0 Å². The number of aryl methyl sites for hydroxylation is 1. The Balaban J connectivity index is 1.96. The summed E-state index contributed by atoms with van der Waals surface area (Å²) >= 11 is 0. The number of carbonyl (C=O) groups excluding carboxylic acids is 1. The zero-order chi connectivity index (χ0) is 12.6. The molecule has 3 nitrogen and oxygen atoms in total. The van der Waals surface area contributed by atoms with E-state index in [0.29, 0.717) is 6.42 Å². The summed E-state index contributed by atoms with van der Waals surface area (Å²) in [7, 11) is 0. The number of Topliss-reactive ketones (excluding diaryl/α,β-unsaturated/α-hetero) is 1. The van der Waals surface area contributed by atoms with E-state index in [1.54, 1.807) is 0 Å².